The summed E-state index contributed by atoms with van der Waals surface area (Å²) in [5.41, 5.74) is -0.593. The molecule has 1 atom stereocenters. The van der Waals surface area contributed by atoms with E-state index in [1.807, 2.05) is 18.7 Å². The van der Waals surface area contributed by atoms with Crippen LogP contribution in [0.3, 0.4) is 0 Å². The summed E-state index contributed by atoms with van der Waals surface area (Å²) in [6.07, 6.45) is 6.98. The highest BCUT2D eigenvalue weighted by atomic mass is 32.2. The van der Waals surface area contributed by atoms with Crippen LogP contribution >= 0.6 is 11.8 Å². The third-order valence-corrected chi connectivity index (χ3v) is 5.06. The molecule has 1 amide bonds. The molecular weight excluding hydrogens is 288 g/mol. The molecule has 1 saturated heterocycles. The number of aliphatic carboxylic acids is 1. The van der Waals surface area contributed by atoms with Crippen LogP contribution in [-0.2, 0) is 9.59 Å². The van der Waals surface area contributed by atoms with Crippen molar-refractivity contribution in [1.82, 2.24) is 10.2 Å². The van der Waals surface area contributed by atoms with Gasteiger partial charge < -0.3 is 10.4 Å². The van der Waals surface area contributed by atoms with Crippen LogP contribution in [0.25, 0.3) is 0 Å². The SMILES string of the molecule is C#CC(CC)(CC)NC(=O)CN1CCSCC1CC(=O)O. The van der Waals surface area contributed by atoms with Crippen LogP contribution in [0.2, 0.25) is 0 Å². The largest absolute Gasteiger partial charge is 0.481 e. The number of nitrogens with one attached hydrogen (secondary N) is 1. The van der Waals surface area contributed by atoms with E-state index >= 15 is 0 Å². The first-order valence-electron chi connectivity index (χ1n) is 7.28. The van der Waals surface area contributed by atoms with Crippen molar-refractivity contribution in [2.45, 2.75) is 44.7 Å². The second kappa shape index (κ2) is 8.30. The predicted octanol–water partition coefficient (Wildman–Crippen LogP) is 1.19. The molecule has 0 aromatic carbocycles. The molecule has 6 heteroatoms. The van der Waals surface area contributed by atoms with Crippen LogP contribution in [0.4, 0.5) is 0 Å². The minimum absolute atomic E-state index is 0.0715. The highest BCUT2D eigenvalue weighted by molar-refractivity contribution is 7.99. The van der Waals surface area contributed by atoms with Crippen LogP contribution in [0.15, 0.2) is 0 Å². The van der Waals surface area contributed by atoms with Crippen LogP contribution < -0.4 is 5.32 Å². The lowest BCUT2D eigenvalue weighted by Crippen LogP contribution is -2.53. The maximum absolute atomic E-state index is 12.2. The van der Waals surface area contributed by atoms with E-state index in [0.717, 1.165) is 18.1 Å². The third-order valence-electron chi connectivity index (χ3n) is 3.97. The zero-order chi connectivity index (χ0) is 15.9. The molecule has 118 valence electrons. The number of nitrogens with zero attached hydrogens (tertiary/aromatic N) is 1. The van der Waals surface area contributed by atoms with Crippen LogP contribution in [-0.4, -0.2) is 58.1 Å². The molecule has 21 heavy (non-hydrogen) atoms. The Bertz CT molecular complexity index is 416. The van der Waals surface area contributed by atoms with Gasteiger partial charge in [-0.15, -0.1) is 6.42 Å². The van der Waals surface area contributed by atoms with Crippen molar-refractivity contribution in [3.8, 4) is 12.3 Å². The molecular formula is C15H24N2O3S. The van der Waals surface area contributed by atoms with Gasteiger partial charge in [0.15, 0.2) is 0 Å². The molecule has 1 heterocycles. The quantitative estimate of drug-likeness (QED) is 0.691. The Morgan fingerprint density at radius 2 is 2.14 bits per heavy atom. The Kier molecular flexibility index (Phi) is 7.06. The fourth-order valence-electron chi connectivity index (χ4n) is 2.44. The lowest BCUT2D eigenvalue weighted by molar-refractivity contribution is -0.139. The Hall–Kier alpha value is -1.19. The van der Waals surface area contributed by atoms with Gasteiger partial charge in [-0.05, 0) is 12.8 Å². The first-order valence-corrected chi connectivity index (χ1v) is 8.44. The summed E-state index contributed by atoms with van der Waals surface area (Å²) < 4.78 is 0. The number of carboxylic acid groups (broad SMARTS) is 1. The minimum atomic E-state index is -0.826. The maximum Gasteiger partial charge on any atom is 0.304 e. The van der Waals surface area contributed by atoms with Gasteiger partial charge in [0.25, 0.3) is 0 Å². The number of thioether (sulfide) groups is 1. The molecule has 0 aliphatic carbocycles. The molecule has 0 radical (unpaired) electrons. The van der Waals surface area contributed by atoms with Gasteiger partial charge in [0, 0.05) is 24.1 Å². The van der Waals surface area contributed by atoms with Crippen molar-refractivity contribution in [2.75, 3.05) is 24.6 Å². The molecule has 1 aliphatic heterocycles. The highest BCUT2D eigenvalue weighted by Gasteiger charge is 2.30. The van der Waals surface area contributed by atoms with E-state index in [9.17, 15) is 9.59 Å². The normalized spacial score (nSPS) is 19.8. The molecule has 0 spiro atoms. The molecule has 1 rings (SSSR count). The van der Waals surface area contributed by atoms with Gasteiger partial charge in [0.05, 0.1) is 13.0 Å². The van der Waals surface area contributed by atoms with E-state index < -0.39 is 11.5 Å². The molecule has 0 aromatic heterocycles. The van der Waals surface area contributed by atoms with Crippen LogP contribution in [0.5, 0.6) is 0 Å². The average molecular weight is 312 g/mol. The van der Waals surface area contributed by atoms with E-state index in [1.165, 1.54) is 0 Å². The summed E-state index contributed by atoms with van der Waals surface area (Å²) >= 11 is 1.73. The molecule has 0 aromatic rings. The summed E-state index contributed by atoms with van der Waals surface area (Å²) in [6.45, 7) is 4.85. The molecule has 1 fully saturated rings. The second-order valence-electron chi connectivity index (χ2n) is 5.28. The van der Waals surface area contributed by atoms with Crippen molar-refractivity contribution in [3.63, 3.8) is 0 Å². The minimum Gasteiger partial charge on any atom is -0.481 e. The zero-order valence-corrected chi connectivity index (χ0v) is 13.5. The molecule has 1 unspecified atom stereocenters. The molecule has 5 nitrogen and oxygen atoms in total. The average Bonchev–Trinajstić information content (AvgIpc) is 2.46. The molecule has 2 N–H and O–H groups in total. The number of carbonyl (C=O) groups is 2. The van der Waals surface area contributed by atoms with Gasteiger partial charge in [0.1, 0.15) is 5.54 Å². The molecule has 1 aliphatic rings. The number of hydrogen-bond donors (Lipinski definition) is 2. The van der Waals surface area contributed by atoms with Gasteiger partial charge in [-0.1, -0.05) is 19.8 Å². The van der Waals surface area contributed by atoms with Crippen LogP contribution in [0.1, 0.15) is 33.1 Å². The van der Waals surface area contributed by atoms with E-state index in [0.29, 0.717) is 12.8 Å². The van der Waals surface area contributed by atoms with Gasteiger partial charge >= 0.3 is 5.97 Å². The smallest absolute Gasteiger partial charge is 0.304 e. The second-order valence-corrected chi connectivity index (χ2v) is 6.43. The Balaban J connectivity index is 2.63. The standard InChI is InChI=1S/C15H24N2O3S/c1-4-15(5-2,6-3)16-13(18)10-17-7-8-21-11-12(17)9-14(19)20/h1,12H,5-11H2,2-3H3,(H,16,18)(H,19,20). The van der Waals surface area contributed by atoms with Crippen molar-refractivity contribution in [2.24, 2.45) is 0 Å². The first kappa shape index (κ1) is 17.9. The molecule has 0 bridgehead atoms. The number of carboxylic acids is 1. The summed E-state index contributed by atoms with van der Waals surface area (Å²) in [6, 6.07) is -0.0875. The zero-order valence-electron chi connectivity index (χ0n) is 12.7. The lowest BCUT2D eigenvalue weighted by Gasteiger charge is -2.35. The van der Waals surface area contributed by atoms with Crippen LogP contribution in [0, 0.1) is 12.3 Å². The van der Waals surface area contributed by atoms with Gasteiger partial charge in [0.2, 0.25) is 5.91 Å². The van der Waals surface area contributed by atoms with E-state index in [4.69, 9.17) is 11.5 Å². The molecule has 0 saturated carbocycles. The lowest BCUT2D eigenvalue weighted by atomic mass is 9.94. The van der Waals surface area contributed by atoms with Gasteiger partial charge in [-0.3, -0.25) is 14.5 Å². The third kappa shape index (κ3) is 5.25. The van der Waals surface area contributed by atoms with Crippen molar-refractivity contribution in [1.29, 1.82) is 0 Å². The number of carbonyl (C=O) groups excluding carboxylic acids is 1. The Morgan fingerprint density at radius 1 is 1.48 bits per heavy atom. The number of rotatable bonds is 7. The van der Waals surface area contributed by atoms with Crippen molar-refractivity contribution in [3.05, 3.63) is 0 Å². The van der Waals surface area contributed by atoms with E-state index in [1.54, 1.807) is 11.8 Å². The maximum atomic E-state index is 12.2. The number of terminal acetylenes is 1. The fraction of sp³-hybridized carbons (Fsp3) is 0.733. The summed E-state index contributed by atoms with van der Waals surface area (Å²) in [4.78, 5) is 25.1. The Morgan fingerprint density at radius 3 is 2.67 bits per heavy atom. The van der Waals surface area contributed by atoms with Gasteiger partial charge in [-0.2, -0.15) is 11.8 Å². The van der Waals surface area contributed by atoms with Crippen molar-refractivity contribution < 1.29 is 14.7 Å². The monoisotopic (exact) mass is 312 g/mol. The summed E-state index contributed by atoms with van der Waals surface area (Å²) in [5.74, 6) is 3.40. The highest BCUT2D eigenvalue weighted by Crippen LogP contribution is 2.19. The number of amides is 1. The predicted molar refractivity (Wildman–Crippen MR) is 85.2 cm³/mol. The van der Waals surface area contributed by atoms with Gasteiger partial charge in [-0.25, -0.2) is 0 Å². The topological polar surface area (TPSA) is 69.6 Å². The number of hydrogen-bond acceptors (Lipinski definition) is 4. The Labute approximate surface area is 130 Å². The first-order chi connectivity index (χ1) is 9.96. The van der Waals surface area contributed by atoms with E-state index in [-0.39, 0.29) is 24.9 Å². The van der Waals surface area contributed by atoms with E-state index in [2.05, 4.69) is 11.2 Å². The van der Waals surface area contributed by atoms with Crippen molar-refractivity contribution >= 4 is 23.6 Å². The summed E-state index contributed by atoms with van der Waals surface area (Å²) in [7, 11) is 0. The summed E-state index contributed by atoms with van der Waals surface area (Å²) in [5, 5.41) is 11.9. The fourth-order valence-corrected chi connectivity index (χ4v) is 3.58.